The second-order valence-corrected chi connectivity index (χ2v) is 4.98. The van der Waals surface area contributed by atoms with Gasteiger partial charge in [0, 0.05) is 25.4 Å². The molecule has 1 aromatic heterocycles. The number of anilines is 2. The number of aryl methyl sites for hydroxylation is 2. The van der Waals surface area contributed by atoms with Crippen LogP contribution in [0.2, 0.25) is 0 Å². The topological polar surface area (TPSA) is 76.1 Å². The van der Waals surface area contributed by atoms with Crippen molar-refractivity contribution in [1.82, 2.24) is 15.3 Å². The number of amides is 1. The summed E-state index contributed by atoms with van der Waals surface area (Å²) in [5.41, 5.74) is 3.59. The largest absolute Gasteiger partial charge is 0.383 e. The molecule has 116 valence electrons. The van der Waals surface area contributed by atoms with E-state index in [2.05, 4.69) is 26.7 Å². The fourth-order valence-corrected chi connectivity index (χ4v) is 2.00. The number of hydrogen-bond acceptors (Lipinski definition) is 5. The maximum absolute atomic E-state index is 12.0. The highest BCUT2D eigenvalue weighted by molar-refractivity contribution is 5.92. The van der Waals surface area contributed by atoms with Crippen molar-refractivity contribution in [3.05, 3.63) is 47.4 Å². The van der Waals surface area contributed by atoms with Crippen molar-refractivity contribution in [3.8, 4) is 0 Å². The first-order valence-electron chi connectivity index (χ1n) is 7.03. The molecule has 2 rings (SSSR count). The van der Waals surface area contributed by atoms with Gasteiger partial charge in [-0.2, -0.15) is 0 Å². The zero-order valence-corrected chi connectivity index (χ0v) is 13.0. The van der Waals surface area contributed by atoms with Crippen molar-refractivity contribution < 1.29 is 9.53 Å². The van der Waals surface area contributed by atoms with Crippen LogP contribution in [0.15, 0.2) is 30.6 Å². The number of methoxy groups -OCH3 is 1. The van der Waals surface area contributed by atoms with Crippen molar-refractivity contribution in [2.75, 3.05) is 25.6 Å². The Kier molecular flexibility index (Phi) is 5.43. The molecule has 1 aromatic carbocycles. The molecule has 0 aliphatic rings. The lowest BCUT2D eigenvalue weighted by Crippen LogP contribution is -2.27. The molecule has 22 heavy (non-hydrogen) atoms. The number of ether oxygens (including phenoxy) is 1. The molecule has 1 amide bonds. The van der Waals surface area contributed by atoms with Gasteiger partial charge in [-0.15, -0.1) is 0 Å². The van der Waals surface area contributed by atoms with Crippen molar-refractivity contribution in [2.24, 2.45) is 0 Å². The zero-order chi connectivity index (χ0) is 15.9. The molecule has 2 aromatic rings. The summed E-state index contributed by atoms with van der Waals surface area (Å²) in [6.07, 6.45) is 1.37. The van der Waals surface area contributed by atoms with Gasteiger partial charge in [-0.1, -0.05) is 17.7 Å². The fourth-order valence-electron chi connectivity index (χ4n) is 2.00. The van der Waals surface area contributed by atoms with Crippen molar-refractivity contribution in [3.63, 3.8) is 0 Å². The van der Waals surface area contributed by atoms with Gasteiger partial charge in [-0.25, -0.2) is 9.97 Å². The Morgan fingerprint density at radius 2 is 2.05 bits per heavy atom. The molecule has 0 unspecified atom stereocenters. The summed E-state index contributed by atoms with van der Waals surface area (Å²) < 4.78 is 4.89. The van der Waals surface area contributed by atoms with Gasteiger partial charge in [-0.3, -0.25) is 4.79 Å². The van der Waals surface area contributed by atoms with Crippen LogP contribution in [0.3, 0.4) is 0 Å². The quantitative estimate of drug-likeness (QED) is 0.800. The highest BCUT2D eigenvalue weighted by atomic mass is 16.5. The third kappa shape index (κ3) is 4.26. The Balaban J connectivity index is 2.09. The van der Waals surface area contributed by atoms with Crippen LogP contribution in [0.4, 0.5) is 11.5 Å². The van der Waals surface area contributed by atoms with Crippen LogP contribution in [-0.4, -0.2) is 36.1 Å². The number of aromatic nitrogens is 2. The highest BCUT2D eigenvalue weighted by Gasteiger charge is 2.08. The van der Waals surface area contributed by atoms with Crippen LogP contribution >= 0.6 is 0 Å². The summed E-state index contributed by atoms with van der Waals surface area (Å²) in [5.74, 6) is 0.335. The van der Waals surface area contributed by atoms with E-state index in [0.717, 1.165) is 11.3 Å². The van der Waals surface area contributed by atoms with Gasteiger partial charge in [-0.05, 0) is 25.5 Å². The second kappa shape index (κ2) is 7.51. The van der Waals surface area contributed by atoms with E-state index in [1.165, 1.54) is 11.9 Å². The van der Waals surface area contributed by atoms with Gasteiger partial charge in [0.15, 0.2) is 0 Å². The number of carbonyl (C=O) groups is 1. The Morgan fingerprint density at radius 3 is 2.77 bits per heavy atom. The molecule has 1 heterocycles. The van der Waals surface area contributed by atoms with Crippen LogP contribution in [-0.2, 0) is 4.74 Å². The Morgan fingerprint density at radius 1 is 1.23 bits per heavy atom. The molecule has 0 saturated carbocycles. The number of nitrogens with zero attached hydrogens (tertiary/aromatic N) is 2. The van der Waals surface area contributed by atoms with E-state index in [9.17, 15) is 4.79 Å². The first kappa shape index (κ1) is 15.9. The van der Waals surface area contributed by atoms with E-state index in [1.807, 2.05) is 26.0 Å². The van der Waals surface area contributed by atoms with Gasteiger partial charge in [0.05, 0.1) is 6.61 Å². The Hall–Kier alpha value is -2.47. The van der Waals surface area contributed by atoms with Gasteiger partial charge in [0.2, 0.25) is 0 Å². The van der Waals surface area contributed by atoms with Gasteiger partial charge in [0.25, 0.3) is 5.91 Å². The number of benzene rings is 1. The average Bonchev–Trinajstić information content (AvgIpc) is 2.50. The highest BCUT2D eigenvalue weighted by Crippen LogP contribution is 2.20. The summed E-state index contributed by atoms with van der Waals surface area (Å²) >= 11 is 0. The van der Waals surface area contributed by atoms with Crippen LogP contribution in [0, 0.1) is 13.8 Å². The molecule has 0 aliphatic carbocycles. The maximum atomic E-state index is 12.0. The molecule has 0 saturated heterocycles. The number of carbonyl (C=O) groups excluding carboxylic acids is 1. The molecule has 0 bridgehead atoms. The summed E-state index contributed by atoms with van der Waals surface area (Å²) in [7, 11) is 1.59. The third-order valence-electron chi connectivity index (χ3n) is 3.14. The van der Waals surface area contributed by atoms with Crippen molar-refractivity contribution in [2.45, 2.75) is 13.8 Å². The Bertz CT molecular complexity index is 658. The monoisotopic (exact) mass is 300 g/mol. The van der Waals surface area contributed by atoms with E-state index in [0.29, 0.717) is 24.7 Å². The Labute approximate surface area is 129 Å². The van der Waals surface area contributed by atoms with E-state index in [4.69, 9.17) is 4.74 Å². The van der Waals surface area contributed by atoms with E-state index in [1.54, 1.807) is 13.2 Å². The first-order chi connectivity index (χ1) is 10.6. The number of hydrogen-bond donors (Lipinski definition) is 2. The summed E-state index contributed by atoms with van der Waals surface area (Å²) in [6.45, 7) is 4.97. The smallest absolute Gasteiger partial charge is 0.270 e. The standard InChI is InChI=1S/C16H20N4O2/c1-11-4-5-13(12(2)8-11)20-15-9-14(18-10-19-15)16(21)17-6-7-22-3/h4-5,8-10H,6-7H2,1-3H3,(H,17,21)(H,18,19,20). The third-order valence-corrected chi connectivity index (χ3v) is 3.14. The molecule has 0 aliphatic heterocycles. The fraction of sp³-hybridized carbons (Fsp3) is 0.312. The lowest BCUT2D eigenvalue weighted by Gasteiger charge is -2.10. The average molecular weight is 300 g/mol. The van der Waals surface area contributed by atoms with Gasteiger partial charge < -0.3 is 15.4 Å². The van der Waals surface area contributed by atoms with Crippen molar-refractivity contribution >= 4 is 17.4 Å². The molecule has 2 N–H and O–H groups in total. The van der Waals surface area contributed by atoms with Crippen LogP contribution in [0.25, 0.3) is 0 Å². The SMILES string of the molecule is COCCNC(=O)c1cc(Nc2ccc(C)cc2C)ncn1. The summed E-state index contributed by atoms with van der Waals surface area (Å²) in [5, 5.41) is 5.93. The minimum Gasteiger partial charge on any atom is -0.383 e. The second-order valence-electron chi connectivity index (χ2n) is 4.98. The molecule has 0 fully saturated rings. The van der Waals surface area contributed by atoms with E-state index in [-0.39, 0.29) is 5.91 Å². The van der Waals surface area contributed by atoms with E-state index < -0.39 is 0 Å². The lowest BCUT2D eigenvalue weighted by atomic mass is 10.1. The summed E-state index contributed by atoms with van der Waals surface area (Å²) in [4.78, 5) is 20.1. The predicted octanol–water partition coefficient (Wildman–Crippen LogP) is 2.21. The minimum absolute atomic E-state index is 0.247. The van der Waals surface area contributed by atoms with Crippen LogP contribution in [0.5, 0.6) is 0 Å². The molecular formula is C16H20N4O2. The number of rotatable bonds is 6. The minimum atomic E-state index is -0.247. The number of nitrogens with one attached hydrogen (secondary N) is 2. The molecule has 0 spiro atoms. The van der Waals surface area contributed by atoms with Crippen LogP contribution < -0.4 is 10.6 Å². The predicted molar refractivity (Wildman–Crippen MR) is 85.4 cm³/mol. The normalized spacial score (nSPS) is 10.3. The molecule has 0 atom stereocenters. The van der Waals surface area contributed by atoms with Crippen LogP contribution in [0.1, 0.15) is 21.6 Å². The molecule has 6 nitrogen and oxygen atoms in total. The zero-order valence-electron chi connectivity index (χ0n) is 13.0. The van der Waals surface area contributed by atoms with E-state index >= 15 is 0 Å². The molecular weight excluding hydrogens is 280 g/mol. The first-order valence-corrected chi connectivity index (χ1v) is 7.03. The van der Waals surface area contributed by atoms with Gasteiger partial charge in [0.1, 0.15) is 17.8 Å². The summed E-state index contributed by atoms with van der Waals surface area (Å²) in [6, 6.07) is 7.73. The molecule has 0 radical (unpaired) electrons. The van der Waals surface area contributed by atoms with Crippen molar-refractivity contribution in [1.29, 1.82) is 0 Å². The van der Waals surface area contributed by atoms with Gasteiger partial charge >= 0.3 is 0 Å². The molecule has 6 heteroatoms. The maximum Gasteiger partial charge on any atom is 0.270 e. The lowest BCUT2D eigenvalue weighted by molar-refractivity contribution is 0.0932.